The molecule has 6 nitrogen and oxygen atoms in total. The quantitative estimate of drug-likeness (QED) is 0.240. The fraction of sp³-hybridized carbons (Fsp3) is 0. The summed E-state index contributed by atoms with van der Waals surface area (Å²) in [5, 5.41) is 4.56. The van der Waals surface area contributed by atoms with Crippen LogP contribution < -0.4 is 0 Å². The van der Waals surface area contributed by atoms with Gasteiger partial charge < -0.3 is 4.42 Å². The molecule has 10 rings (SSSR count). The molecule has 0 aliphatic heterocycles. The molecule has 0 saturated carbocycles. The molecule has 166 valence electrons. The molecule has 5 heterocycles. The van der Waals surface area contributed by atoms with Crippen molar-refractivity contribution in [1.82, 2.24) is 23.2 Å². The van der Waals surface area contributed by atoms with Gasteiger partial charge in [0, 0.05) is 10.8 Å². The minimum absolute atomic E-state index is 0.856. The lowest BCUT2D eigenvalue weighted by Gasteiger charge is -2.01. The van der Waals surface area contributed by atoms with Crippen molar-refractivity contribution < 1.29 is 4.42 Å². The predicted molar refractivity (Wildman–Crippen MR) is 143 cm³/mol. The summed E-state index contributed by atoms with van der Waals surface area (Å²) >= 11 is 0. The van der Waals surface area contributed by atoms with Crippen molar-refractivity contribution in [2.75, 3.05) is 0 Å². The molecule has 5 aromatic carbocycles. The molecule has 0 bridgehead atoms. The molecular formula is C30H15N5O. The van der Waals surface area contributed by atoms with E-state index in [1.807, 2.05) is 12.1 Å². The van der Waals surface area contributed by atoms with Gasteiger partial charge in [0.2, 0.25) is 11.6 Å². The molecule has 5 aromatic heterocycles. The lowest BCUT2D eigenvalue weighted by Crippen LogP contribution is -1.87. The SMILES string of the molecule is c1ccc2c(c1)ccc1nc3n(c4cccc5c4n3c3nc4c6c(ccc4n53)oc3ccccc36)c12. The topological polar surface area (TPSA) is 52.2 Å². The van der Waals surface area contributed by atoms with E-state index >= 15 is 0 Å². The van der Waals surface area contributed by atoms with Gasteiger partial charge in [-0.3, -0.25) is 8.80 Å². The molecule has 0 radical (unpaired) electrons. The number of hydrogen-bond acceptors (Lipinski definition) is 3. The normalized spacial score (nSPS) is 13.0. The first-order chi connectivity index (χ1) is 17.9. The highest BCUT2D eigenvalue weighted by Crippen LogP contribution is 2.39. The Bertz CT molecular complexity index is 2540. The molecule has 0 saturated heterocycles. The lowest BCUT2D eigenvalue weighted by molar-refractivity contribution is 0.669. The number of nitrogens with zero attached hydrogens (tertiary/aromatic N) is 5. The molecule has 10 aromatic rings. The first-order valence-electron chi connectivity index (χ1n) is 12.0. The summed E-state index contributed by atoms with van der Waals surface area (Å²) in [5.41, 5.74) is 9.26. The Morgan fingerprint density at radius 3 is 2.28 bits per heavy atom. The first kappa shape index (κ1) is 17.4. The fourth-order valence-corrected chi connectivity index (χ4v) is 6.33. The Morgan fingerprint density at radius 1 is 0.528 bits per heavy atom. The molecule has 0 unspecified atom stereocenters. The van der Waals surface area contributed by atoms with E-state index in [-0.39, 0.29) is 0 Å². The third-order valence-electron chi connectivity index (χ3n) is 7.77. The maximum atomic E-state index is 6.15. The van der Waals surface area contributed by atoms with Crippen LogP contribution in [-0.4, -0.2) is 23.2 Å². The number of para-hydroxylation sites is 2. The second-order valence-corrected chi connectivity index (χ2v) is 9.53. The van der Waals surface area contributed by atoms with Crippen LogP contribution >= 0.6 is 0 Å². The Morgan fingerprint density at radius 2 is 1.33 bits per heavy atom. The number of imidazole rings is 4. The number of aromatic nitrogens is 5. The predicted octanol–water partition coefficient (Wildman–Crippen LogP) is 7.18. The highest BCUT2D eigenvalue weighted by Gasteiger charge is 2.25. The van der Waals surface area contributed by atoms with E-state index in [0.29, 0.717) is 0 Å². The molecule has 0 atom stereocenters. The first-order valence-corrected chi connectivity index (χ1v) is 12.0. The van der Waals surface area contributed by atoms with Gasteiger partial charge in [0.25, 0.3) is 0 Å². The standard InChI is InChI=1S/C30H15N5O/c1-2-7-17-16(6-1)12-13-19-27(17)34-22-10-5-9-21-28(22)35(29(34)31-19)30-32-26-20(33(21)30)14-15-24-25(26)18-8-3-4-11-23(18)36-24/h1-15H. The zero-order valence-corrected chi connectivity index (χ0v) is 18.8. The molecule has 6 heteroatoms. The molecule has 0 amide bonds. The van der Waals surface area contributed by atoms with Gasteiger partial charge >= 0.3 is 0 Å². The maximum absolute atomic E-state index is 6.15. The second-order valence-electron chi connectivity index (χ2n) is 9.53. The van der Waals surface area contributed by atoms with Crippen LogP contribution in [0.2, 0.25) is 0 Å². The van der Waals surface area contributed by atoms with Crippen molar-refractivity contribution in [3.05, 3.63) is 91.0 Å². The maximum Gasteiger partial charge on any atom is 0.223 e. The molecule has 0 spiro atoms. The van der Waals surface area contributed by atoms with Crippen LogP contribution in [0.4, 0.5) is 0 Å². The van der Waals surface area contributed by atoms with Gasteiger partial charge in [0.1, 0.15) is 22.2 Å². The van der Waals surface area contributed by atoms with E-state index in [1.54, 1.807) is 0 Å². The van der Waals surface area contributed by atoms with E-state index in [2.05, 4.69) is 92.1 Å². The summed E-state index contributed by atoms with van der Waals surface area (Å²) in [6.07, 6.45) is 0. The zero-order chi connectivity index (χ0) is 23.1. The van der Waals surface area contributed by atoms with Crippen LogP contribution in [0, 0.1) is 0 Å². The summed E-state index contributed by atoms with van der Waals surface area (Å²) in [4.78, 5) is 10.4. The molecule has 0 aliphatic rings. The van der Waals surface area contributed by atoms with Gasteiger partial charge in [0.05, 0.1) is 33.0 Å². The summed E-state index contributed by atoms with van der Waals surface area (Å²) in [5.74, 6) is 1.75. The van der Waals surface area contributed by atoms with Crippen LogP contribution in [0.15, 0.2) is 95.4 Å². The summed E-state index contributed by atoms with van der Waals surface area (Å²) in [7, 11) is 0. The minimum atomic E-state index is 0.856. The van der Waals surface area contributed by atoms with Crippen LogP contribution in [0.25, 0.3) is 82.9 Å². The van der Waals surface area contributed by atoms with Crippen molar-refractivity contribution in [2.24, 2.45) is 0 Å². The highest BCUT2D eigenvalue weighted by molar-refractivity contribution is 6.18. The van der Waals surface area contributed by atoms with E-state index < -0.39 is 0 Å². The molecular weight excluding hydrogens is 446 g/mol. The van der Waals surface area contributed by atoms with E-state index in [1.165, 1.54) is 10.8 Å². The number of hydrogen-bond donors (Lipinski definition) is 0. The summed E-state index contributed by atoms with van der Waals surface area (Å²) in [6, 6.07) is 31.6. The van der Waals surface area contributed by atoms with E-state index in [4.69, 9.17) is 14.4 Å². The summed E-state index contributed by atoms with van der Waals surface area (Å²) < 4.78 is 12.9. The average molecular weight is 461 g/mol. The van der Waals surface area contributed by atoms with Gasteiger partial charge in [-0.1, -0.05) is 54.6 Å². The van der Waals surface area contributed by atoms with Crippen molar-refractivity contribution in [1.29, 1.82) is 0 Å². The largest absolute Gasteiger partial charge is 0.456 e. The van der Waals surface area contributed by atoms with Gasteiger partial charge in [-0.25, -0.2) is 14.4 Å². The van der Waals surface area contributed by atoms with Crippen molar-refractivity contribution in [3.63, 3.8) is 0 Å². The molecule has 0 aliphatic carbocycles. The van der Waals surface area contributed by atoms with Gasteiger partial charge in [-0.05, 0) is 41.8 Å². The molecule has 36 heavy (non-hydrogen) atoms. The number of benzene rings is 5. The van der Waals surface area contributed by atoms with Crippen LogP contribution in [0.1, 0.15) is 0 Å². The number of furan rings is 1. The minimum Gasteiger partial charge on any atom is -0.456 e. The third-order valence-corrected chi connectivity index (χ3v) is 7.77. The van der Waals surface area contributed by atoms with Gasteiger partial charge in [-0.2, -0.15) is 0 Å². The fourth-order valence-electron chi connectivity index (χ4n) is 6.33. The second kappa shape index (κ2) is 5.58. The van der Waals surface area contributed by atoms with Gasteiger partial charge in [0.15, 0.2) is 0 Å². The van der Waals surface area contributed by atoms with Crippen molar-refractivity contribution >= 4 is 82.9 Å². The number of fused-ring (bicyclic) bond motifs is 16. The third kappa shape index (κ3) is 1.76. The van der Waals surface area contributed by atoms with E-state index in [9.17, 15) is 0 Å². The summed E-state index contributed by atoms with van der Waals surface area (Å²) in [6.45, 7) is 0. The van der Waals surface area contributed by atoms with E-state index in [0.717, 1.165) is 72.1 Å². The monoisotopic (exact) mass is 461 g/mol. The number of rotatable bonds is 0. The Hall–Kier alpha value is -5.10. The van der Waals surface area contributed by atoms with Crippen molar-refractivity contribution in [2.45, 2.75) is 0 Å². The molecule has 0 N–H and O–H groups in total. The Balaban J connectivity index is 1.49. The molecule has 0 fully saturated rings. The average Bonchev–Trinajstić information content (AvgIpc) is 3.69. The lowest BCUT2D eigenvalue weighted by atomic mass is 10.1. The van der Waals surface area contributed by atoms with Crippen molar-refractivity contribution in [3.8, 4) is 0 Å². The van der Waals surface area contributed by atoms with Crippen LogP contribution in [0.5, 0.6) is 0 Å². The zero-order valence-electron chi connectivity index (χ0n) is 18.8. The Labute approximate surface area is 201 Å². The smallest absolute Gasteiger partial charge is 0.223 e. The van der Waals surface area contributed by atoms with Crippen LogP contribution in [-0.2, 0) is 0 Å². The highest BCUT2D eigenvalue weighted by atomic mass is 16.3. The Kier molecular flexibility index (Phi) is 2.69. The van der Waals surface area contributed by atoms with Crippen LogP contribution in [0.3, 0.4) is 0 Å². The van der Waals surface area contributed by atoms with Gasteiger partial charge in [-0.15, -0.1) is 0 Å².